The van der Waals surface area contributed by atoms with Gasteiger partial charge in [0.05, 0.1) is 22.3 Å². The fourth-order valence-corrected chi connectivity index (χ4v) is 5.81. The highest BCUT2D eigenvalue weighted by atomic mass is 28.3. The summed E-state index contributed by atoms with van der Waals surface area (Å²) in [6.07, 6.45) is 0.440. The number of carbonyl (C=O) groups is 3. The average Bonchev–Trinajstić information content (AvgIpc) is 2.95. The Balaban J connectivity index is 1.50. The van der Waals surface area contributed by atoms with E-state index in [0.717, 1.165) is 16.6 Å². The molecule has 11 heteroatoms. The molecule has 0 radical (unpaired) electrons. The van der Waals surface area contributed by atoms with Gasteiger partial charge in [0.15, 0.2) is 0 Å². The van der Waals surface area contributed by atoms with Crippen molar-refractivity contribution in [2.24, 2.45) is 0 Å². The molecule has 0 spiro atoms. The minimum atomic E-state index is -1.29. The lowest BCUT2D eigenvalue weighted by Gasteiger charge is -2.31. The second kappa shape index (κ2) is 8.38. The van der Waals surface area contributed by atoms with Crippen LogP contribution in [0.25, 0.3) is 11.0 Å². The summed E-state index contributed by atoms with van der Waals surface area (Å²) in [6.45, 7) is 9.43. The molecule has 5 rings (SSSR count). The smallest absolute Gasteiger partial charge is 0.329 e. The van der Waals surface area contributed by atoms with Gasteiger partial charge in [-0.15, -0.1) is 0 Å². The number of aromatic nitrogens is 2. The lowest BCUT2D eigenvalue weighted by atomic mass is 10.0. The van der Waals surface area contributed by atoms with E-state index < -0.39 is 20.0 Å². The van der Waals surface area contributed by atoms with Crippen molar-refractivity contribution in [3.63, 3.8) is 0 Å². The van der Waals surface area contributed by atoms with E-state index in [9.17, 15) is 19.2 Å². The summed E-state index contributed by atoms with van der Waals surface area (Å²) >= 11 is 0. The largest absolute Gasteiger partial charge is 0.366 e. The molecule has 0 aliphatic carbocycles. The third kappa shape index (κ3) is 3.76. The molecule has 0 bridgehead atoms. The fraction of sp³-hybridized carbons (Fsp3) is 0.565. The number of benzene rings is 1. The van der Waals surface area contributed by atoms with Crippen molar-refractivity contribution in [3.05, 3.63) is 28.2 Å². The first-order chi connectivity index (χ1) is 16.2. The van der Waals surface area contributed by atoms with Gasteiger partial charge in [-0.25, -0.2) is 4.79 Å². The molecule has 1 fully saturated rings. The highest BCUT2D eigenvalue weighted by Gasteiger charge is 2.39. The summed E-state index contributed by atoms with van der Waals surface area (Å²) < 4.78 is 8.89. The van der Waals surface area contributed by atoms with Crippen LogP contribution in [-0.2, 0) is 20.9 Å². The molecule has 182 valence electrons. The maximum absolute atomic E-state index is 13.5. The van der Waals surface area contributed by atoms with Crippen molar-refractivity contribution in [3.8, 4) is 0 Å². The first-order valence-corrected chi connectivity index (χ1v) is 15.6. The summed E-state index contributed by atoms with van der Waals surface area (Å²) in [5.41, 5.74) is 2.32. The molecule has 3 aliphatic heterocycles. The maximum atomic E-state index is 13.5. The van der Waals surface area contributed by atoms with E-state index in [2.05, 4.69) is 29.9 Å². The van der Waals surface area contributed by atoms with E-state index in [-0.39, 0.29) is 37.1 Å². The lowest BCUT2D eigenvalue weighted by molar-refractivity contribution is -0.157. The number of hydrogen-bond acceptors (Lipinski definition) is 6. The second-order valence-corrected chi connectivity index (χ2v) is 16.1. The van der Waals surface area contributed by atoms with Gasteiger partial charge in [0.25, 0.3) is 11.8 Å². The van der Waals surface area contributed by atoms with E-state index in [1.807, 2.05) is 0 Å². The van der Waals surface area contributed by atoms with E-state index in [4.69, 9.17) is 4.74 Å². The van der Waals surface area contributed by atoms with E-state index >= 15 is 0 Å². The highest BCUT2D eigenvalue weighted by molar-refractivity contribution is 6.76. The zero-order valence-corrected chi connectivity index (χ0v) is 20.9. The minimum absolute atomic E-state index is 0.0879. The number of hydrogen-bond donors (Lipinski definition) is 1. The number of imide groups is 1. The van der Waals surface area contributed by atoms with Gasteiger partial charge in [-0.3, -0.25) is 28.4 Å². The quantitative estimate of drug-likeness (QED) is 0.376. The molecule has 0 saturated carbocycles. The molecule has 10 nitrogen and oxygen atoms in total. The summed E-state index contributed by atoms with van der Waals surface area (Å²) in [6, 6.07) is 3.64. The molecule has 1 atom stereocenters. The molecule has 1 unspecified atom stereocenters. The first-order valence-electron chi connectivity index (χ1n) is 11.9. The van der Waals surface area contributed by atoms with Gasteiger partial charge in [0, 0.05) is 47.3 Å². The topological polar surface area (TPSA) is 106 Å². The first kappa shape index (κ1) is 22.8. The number of piperidine rings is 1. The van der Waals surface area contributed by atoms with Crippen molar-refractivity contribution in [1.29, 1.82) is 0 Å². The number of nitrogens with one attached hydrogen (secondary N) is 1. The predicted octanol–water partition coefficient (Wildman–Crippen LogP) is 1.37. The Morgan fingerprint density at radius 3 is 2.65 bits per heavy atom. The third-order valence-corrected chi connectivity index (χ3v) is 8.63. The number of imidazole rings is 1. The lowest BCUT2D eigenvalue weighted by Crippen LogP contribution is -2.48. The summed E-state index contributed by atoms with van der Waals surface area (Å²) in [7, 11) is -1.29. The van der Waals surface area contributed by atoms with E-state index in [0.29, 0.717) is 49.4 Å². The van der Waals surface area contributed by atoms with Gasteiger partial charge >= 0.3 is 5.69 Å². The Kier molecular flexibility index (Phi) is 5.63. The van der Waals surface area contributed by atoms with Gasteiger partial charge in [0.2, 0.25) is 5.91 Å². The average molecular weight is 486 g/mol. The van der Waals surface area contributed by atoms with Crippen LogP contribution in [0.1, 0.15) is 29.2 Å². The van der Waals surface area contributed by atoms with Gasteiger partial charge < -0.3 is 15.0 Å². The molecule has 3 amide bonds. The van der Waals surface area contributed by atoms with Crippen LogP contribution < -0.4 is 15.9 Å². The van der Waals surface area contributed by atoms with Crippen molar-refractivity contribution in [2.75, 3.05) is 37.9 Å². The van der Waals surface area contributed by atoms with Crippen LogP contribution >= 0.6 is 0 Å². The van der Waals surface area contributed by atoms with Crippen LogP contribution in [0.3, 0.4) is 0 Å². The normalized spacial score (nSPS) is 20.7. The van der Waals surface area contributed by atoms with Gasteiger partial charge in [-0.1, -0.05) is 19.6 Å². The molecular weight excluding hydrogens is 454 g/mol. The predicted molar refractivity (Wildman–Crippen MR) is 130 cm³/mol. The van der Waals surface area contributed by atoms with Crippen LogP contribution in [0.4, 0.5) is 5.69 Å². The van der Waals surface area contributed by atoms with Crippen LogP contribution in [0, 0.1) is 0 Å². The summed E-state index contributed by atoms with van der Waals surface area (Å²) in [5, 5.41) is 2.90. The summed E-state index contributed by atoms with van der Waals surface area (Å²) in [4.78, 5) is 55.4. The highest BCUT2D eigenvalue weighted by Crippen LogP contribution is 2.36. The number of nitrogens with zero attached hydrogens (tertiary/aromatic N) is 4. The number of ether oxygens (including phenoxy) is 1. The van der Waals surface area contributed by atoms with E-state index in [1.165, 1.54) is 4.57 Å². The minimum Gasteiger partial charge on any atom is -0.366 e. The van der Waals surface area contributed by atoms with Crippen LogP contribution in [0.2, 0.25) is 25.7 Å². The molecule has 2 aromatic rings. The number of amides is 3. The van der Waals surface area contributed by atoms with Crippen molar-refractivity contribution >= 4 is 42.5 Å². The molecule has 1 N–H and O–H groups in total. The Morgan fingerprint density at radius 1 is 1.09 bits per heavy atom. The Hall–Kier alpha value is -2.92. The third-order valence-electron chi connectivity index (χ3n) is 6.93. The zero-order valence-electron chi connectivity index (χ0n) is 19.9. The number of likely N-dealkylation sites (tertiary alicyclic amines) is 1. The van der Waals surface area contributed by atoms with Gasteiger partial charge in [0.1, 0.15) is 12.8 Å². The Morgan fingerprint density at radius 2 is 1.88 bits per heavy atom. The summed E-state index contributed by atoms with van der Waals surface area (Å²) in [5.74, 6) is -0.838. The zero-order chi connectivity index (χ0) is 24.2. The van der Waals surface area contributed by atoms with Crippen LogP contribution in [0.5, 0.6) is 0 Å². The van der Waals surface area contributed by atoms with E-state index in [1.54, 1.807) is 16.7 Å². The number of anilines is 1. The van der Waals surface area contributed by atoms with Gasteiger partial charge in [-0.2, -0.15) is 0 Å². The fourth-order valence-electron chi connectivity index (χ4n) is 5.06. The monoisotopic (exact) mass is 485 g/mol. The molecule has 34 heavy (non-hydrogen) atoms. The SMILES string of the molecule is C[Si](C)(C)CCOCN1C(=O)CCC(n2c(=O)n3c4c5c(ccc42)C(=O)NCCN5CC3)C1=O. The standard InChI is InChI=1S/C23H31N5O5Si/c1-34(2,3)13-12-33-14-27-18(29)7-6-17(22(27)31)28-16-5-4-15-19-20(16)26(23(28)32)11-10-25(19)9-8-24-21(15)30/h4-5,17H,6-14H2,1-3H3,(H,24,30). The van der Waals surface area contributed by atoms with Crippen molar-refractivity contribution < 1.29 is 19.1 Å². The van der Waals surface area contributed by atoms with Crippen molar-refractivity contribution in [2.45, 2.75) is 51.1 Å². The molecule has 1 aromatic carbocycles. The maximum Gasteiger partial charge on any atom is 0.329 e. The Bertz CT molecular complexity index is 1240. The Labute approximate surface area is 198 Å². The molecule has 1 saturated heterocycles. The van der Waals surface area contributed by atoms with Crippen molar-refractivity contribution in [1.82, 2.24) is 19.4 Å². The molecule has 3 aliphatic rings. The second-order valence-electron chi connectivity index (χ2n) is 10.4. The molecular formula is C23H31N5O5Si. The number of carbonyl (C=O) groups excluding carboxylic acids is 3. The van der Waals surface area contributed by atoms with Crippen LogP contribution in [0.15, 0.2) is 16.9 Å². The molecule has 1 aromatic heterocycles. The van der Waals surface area contributed by atoms with Gasteiger partial charge in [-0.05, 0) is 24.6 Å². The molecule has 4 heterocycles. The van der Waals surface area contributed by atoms with Crippen LogP contribution in [-0.4, -0.2) is 72.8 Å². The number of rotatable bonds is 6.